The number of anilines is 1. The van der Waals surface area contributed by atoms with Gasteiger partial charge in [-0.15, -0.1) is 0 Å². The van der Waals surface area contributed by atoms with E-state index in [-0.39, 0.29) is 16.3 Å². The number of amides is 1. The molecule has 1 amide bonds. The molecule has 6 heteroatoms. The molecule has 0 saturated carbocycles. The highest BCUT2D eigenvalue weighted by Crippen LogP contribution is 2.44. The molecule has 3 rings (SSSR count). The molecule has 1 aliphatic heterocycles. The van der Waals surface area contributed by atoms with Gasteiger partial charge >= 0.3 is 0 Å². The number of nitrogens with zero attached hydrogens (tertiary/aromatic N) is 1. The van der Waals surface area contributed by atoms with Crippen molar-refractivity contribution in [1.29, 1.82) is 0 Å². The molecular formula is C16H13ClN2O3. The zero-order valence-corrected chi connectivity index (χ0v) is 12.5. The highest BCUT2D eigenvalue weighted by Gasteiger charge is 2.48. The van der Waals surface area contributed by atoms with E-state index in [2.05, 4.69) is 10.3 Å². The van der Waals surface area contributed by atoms with E-state index in [1.54, 1.807) is 31.2 Å². The number of pyridine rings is 1. The van der Waals surface area contributed by atoms with Crippen LogP contribution in [0.4, 0.5) is 5.69 Å². The van der Waals surface area contributed by atoms with Gasteiger partial charge in [-0.1, -0.05) is 23.7 Å². The van der Waals surface area contributed by atoms with Crippen LogP contribution in [0.15, 0.2) is 36.5 Å². The summed E-state index contributed by atoms with van der Waals surface area (Å²) in [4.78, 5) is 28.5. The number of fused-ring (bicyclic) bond motifs is 1. The lowest BCUT2D eigenvalue weighted by Crippen LogP contribution is -2.36. The maximum atomic E-state index is 12.3. The van der Waals surface area contributed by atoms with Crippen LogP contribution in [0.5, 0.6) is 0 Å². The van der Waals surface area contributed by atoms with E-state index in [4.69, 9.17) is 11.6 Å². The highest BCUT2D eigenvalue weighted by molar-refractivity contribution is 6.33. The first-order valence-corrected chi connectivity index (χ1v) is 7.09. The number of nitrogens with one attached hydrogen (secondary N) is 1. The lowest BCUT2D eigenvalue weighted by molar-refractivity contribution is -0.133. The standard InChI is InChI=1S/C16H13ClN2O3/c1-9-5-6-10(17)13-14(9)19-15(21)16(13,22)8-12(20)11-4-2-3-7-18-11/h2-7,22H,8H2,1H3,(H,19,21). The van der Waals surface area contributed by atoms with Crippen molar-refractivity contribution in [2.24, 2.45) is 0 Å². The van der Waals surface area contributed by atoms with Gasteiger partial charge in [-0.3, -0.25) is 14.6 Å². The Bertz CT molecular complexity index is 776. The number of halogens is 1. The second-order valence-electron chi connectivity index (χ2n) is 5.24. The number of carbonyl (C=O) groups excluding carboxylic acids is 2. The van der Waals surface area contributed by atoms with Gasteiger partial charge in [-0.25, -0.2) is 0 Å². The summed E-state index contributed by atoms with van der Waals surface area (Å²) in [6, 6.07) is 8.24. The molecule has 22 heavy (non-hydrogen) atoms. The van der Waals surface area contributed by atoms with Crippen LogP contribution in [0.25, 0.3) is 0 Å². The number of rotatable bonds is 3. The maximum Gasteiger partial charge on any atom is 0.261 e. The Labute approximate surface area is 131 Å². The van der Waals surface area contributed by atoms with Gasteiger partial charge < -0.3 is 10.4 Å². The molecule has 2 aromatic rings. The van der Waals surface area contributed by atoms with Crippen molar-refractivity contribution in [2.75, 3.05) is 5.32 Å². The van der Waals surface area contributed by atoms with Crippen molar-refractivity contribution in [1.82, 2.24) is 4.98 Å². The second-order valence-corrected chi connectivity index (χ2v) is 5.65. The van der Waals surface area contributed by atoms with Crippen LogP contribution in [0, 0.1) is 6.92 Å². The average molecular weight is 317 g/mol. The molecule has 1 aromatic carbocycles. The third-order valence-electron chi connectivity index (χ3n) is 3.76. The molecule has 0 saturated heterocycles. The Morgan fingerprint density at radius 2 is 2.14 bits per heavy atom. The van der Waals surface area contributed by atoms with Crippen molar-refractivity contribution in [3.8, 4) is 0 Å². The summed E-state index contributed by atoms with van der Waals surface area (Å²) in [5, 5.41) is 13.7. The average Bonchev–Trinajstić information content (AvgIpc) is 2.77. The van der Waals surface area contributed by atoms with Crippen molar-refractivity contribution >= 4 is 29.0 Å². The highest BCUT2D eigenvalue weighted by atomic mass is 35.5. The summed E-state index contributed by atoms with van der Waals surface area (Å²) >= 11 is 6.14. The van der Waals surface area contributed by atoms with Gasteiger partial charge in [0.25, 0.3) is 5.91 Å². The summed E-state index contributed by atoms with van der Waals surface area (Å²) in [7, 11) is 0. The Kier molecular flexibility index (Phi) is 3.47. The van der Waals surface area contributed by atoms with Crippen molar-refractivity contribution in [3.05, 3.63) is 58.4 Å². The van der Waals surface area contributed by atoms with Gasteiger partial charge in [0.1, 0.15) is 5.69 Å². The van der Waals surface area contributed by atoms with Crippen molar-refractivity contribution in [2.45, 2.75) is 18.9 Å². The Hall–Kier alpha value is -2.24. The topological polar surface area (TPSA) is 79.3 Å². The number of Topliss-reactive ketones (excluding diaryl/α,β-unsaturated/α-hetero) is 1. The SMILES string of the molecule is Cc1ccc(Cl)c2c1NC(=O)C2(O)CC(=O)c1ccccn1. The smallest absolute Gasteiger partial charge is 0.261 e. The Morgan fingerprint density at radius 3 is 2.82 bits per heavy atom. The summed E-state index contributed by atoms with van der Waals surface area (Å²) in [5.74, 6) is -1.08. The molecule has 0 aliphatic carbocycles. The number of hydrogen-bond acceptors (Lipinski definition) is 4. The van der Waals surface area contributed by atoms with E-state index in [1.165, 1.54) is 12.3 Å². The monoisotopic (exact) mass is 316 g/mol. The normalized spacial score (nSPS) is 19.7. The molecule has 1 unspecified atom stereocenters. The number of aromatic nitrogens is 1. The fraction of sp³-hybridized carbons (Fsp3) is 0.188. The largest absolute Gasteiger partial charge is 0.375 e. The van der Waals surface area contributed by atoms with Gasteiger partial charge in [0.2, 0.25) is 0 Å². The van der Waals surface area contributed by atoms with Crippen LogP contribution < -0.4 is 5.32 Å². The van der Waals surface area contributed by atoms with Crippen LogP contribution in [0.3, 0.4) is 0 Å². The third kappa shape index (κ3) is 2.19. The Morgan fingerprint density at radius 1 is 1.36 bits per heavy atom. The first-order valence-electron chi connectivity index (χ1n) is 6.71. The fourth-order valence-electron chi connectivity index (χ4n) is 2.60. The van der Waals surface area contributed by atoms with Crippen molar-refractivity contribution in [3.63, 3.8) is 0 Å². The predicted molar refractivity (Wildman–Crippen MR) is 81.9 cm³/mol. The van der Waals surface area contributed by atoms with Crippen LogP contribution in [-0.2, 0) is 10.4 Å². The molecule has 1 aromatic heterocycles. The van der Waals surface area contributed by atoms with E-state index in [0.29, 0.717) is 5.69 Å². The quantitative estimate of drug-likeness (QED) is 0.853. The van der Waals surface area contributed by atoms with Gasteiger partial charge in [0, 0.05) is 16.8 Å². The number of ketones is 1. The minimum Gasteiger partial charge on any atom is -0.375 e. The van der Waals surface area contributed by atoms with E-state index in [0.717, 1.165) is 5.56 Å². The van der Waals surface area contributed by atoms with E-state index >= 15 is 0 Å². The lowest BCUT2D eigenvalue weighted by Gasteiger charge is -2.21. The Balaban J connectivity index is 2.03. The molecule has 2 N–H and O–H groups in total. The molecule has 2 heterocycles. The van der Waals surface area contributed by atoms with Crippen LogP contribution in [0.2, 0.25) is 5.02 Å². The molecule has 5 nitrogen and oxygen atoms in total. The third-order valence-corrected chi connectivity index (χ3v) is 4.07. The summed E-state index contributed by atoms with van der Waals surface area (Å²) in [6.07, 6.45) is 1.07. The number of carbonyl (C=O) groups is 2. The van der Waals surface area contributed by atoms with Crippen LogP contribution in [-0.4, -0.2) is 21.8 Å². The molecule has 112 valence electrons. The first kappa shape index (κ1) is 14.7. The minimum atomic E-state index is -1.98. The van der Waals surface area contributed by atoms with Gasteiger partial charge in [-0.05, 0) is 30.7 Å². The molecule has 1 aliphatic rings. The zero-order valence-electron chi connectivity index (χ0n) is 11.8. The second kappa shape index (κ2) is 5.19. The number of benzene rings is 1. The molecule has 1 atom stereocenters. The van der Waals surface area contributed by atoms with Gasteiger partial charge in [0.05, 0.1) is 12.1 Å². The maximum absolute atomic E-state index is 12.3. The molecular weight excluding hydrogens is 304 g/mol. The summed E-state index contributed by atoms with van der Waals surface area (Å²) < 4.78 is 0. The fourth-order valence-corrected chi connectivity index (χ4v) is 2.91. The van der Waals surface area contributed by atoms with E-state index in [1.807, 2.05) is 0 Å². The van der Waals surface area contributed by atoms with E-state index < -0.39 is 23.7 Å². The van der Waals surface area contributed by atoms with Crippen molar-refractivity contribution < 1.29 is 14.7 Å². The van der Waals surface area contributed by atoms with Gasteiger partial charge in [-0.2, -0.15) is 0 Å². The number of hydrogen-bond donors (Lipinski definition) is 2. The predicted octanol–water partition coefficient (Wildman–Crippen LogP) is 2.46. The zero-order chi connectivity index (χ0) is 15.9. The molecule has 0 spiro atoms. The van der Waals surface area contributed by atoms with Crippen LogP contribution >= 0.6 is 11.6 Å². The summed E-state index contributed by atoms with van der Waals surface area (Å²) in [6.45, 7) is 1.79. The van der Waals surface area contributed by atoms with E-state index in [9.17, 15) is 14.7 Å². The number of aliphatic hydroxyl groups is 1. The molecule has 0 fully saturated rings. The minimum absolute atomic E-state index is 0.195. The number of aryl methyl sites for hydroxylation is 1. The first-order chi connectivity index (χ1) is 10.4. The van der Waals surface area contributed by atoms with Gasteiger partial charge in [0.15, 0.2) is 11.4 Å². The molecule has 0 bridgehead atoms. The summed E-state index contributed by atoms with van der Waals surface area (Å²) in [5.41, 5.74) is -0.292. The van der Waals surface area contributed by atoms with Crippen LogP contribution in [0.1, 0.15) is 28.0 Å². The lowest BCUT2D eigenvalue weighted by atomic mass is 9.88. The molecule has 0 radical (unpaired) electrons.